The smallest absolute Gasteiger partial charge is 0.0494 e. The lowest BCUT2D eigenvalue weighted by Crippen LogP contribution is -2.24. The zero-order valence-electron chi connectivity index (χ0n) is 15.3. The van der Waals surface area contributed by atoms with Crippen molar-refractivity contribution >= 4 is 0 Å². The molecule has 2 heteroatoms. The molecular formula is C19H41NO. The fourth-order valence-corrected chi connectivity index (χ4v) is 2.70. The summed E-state index contributed by atoms with van der Waals surface area (Å²) in [4.78, 5) is 0. The van der Waals surface area contributed by atoms with Crippen LogP contribution in [0.1, 0.15) is 85.5 Å². The molecule has 0 saturated carbocycles. The molecule has 0 aromatic rings. The van der Waals surface area contributed by atoms with Crippen LogP contribution in [0.5, 0.6) is 0 Å². The van der Waals surface area contributed by atoms with Crippen LogP contribution in [0.25, 0.3) is 0 Å². The quantitative estimate of drug-likeness (QED) is 0.384. The van der Waals surface area contributed by atoms with Gasteiger partial charge < -0.3 is 10.1 Å². The second kappa shape index (κ2) is 16.3. The monoisotopic (exact) mass is 299 g/mol. The first-order valence-corrected chi connectivity index (χ1v) is 9.56. The molecule has 0 saturated heterocycles. The molecule has 2 unspecified atom stereocenters. The molecule has 128 valence electrons. The van der Waals surface area contributed by atoms with Crippen molar-refractivity contribution in [2.24, 2.45) is 11.8 Å². The molecular weight excluding hydrogens is 258 g/mol. The van der Waals surface area contributed by atoms with Crippen LogP contribution in [0.4, 0.5) is 0 Å². The summed E-state index contributed by atoms with van der Waals surface area (Å²) in [6.07, 6.45) is 11.8. The fraction of sp³-hybridized carbons (Fsp3) is 1.00. The number of nitrogens with one attached hydrogen (secondary N) is 1. The molecule has 0 aliphatic carbocycles. The van der Waals surface area contributed by atoms with E-state index in [4.69, 9.17) is 4.74 Å². The minimum atomic E-state index is 0.774. The Labute approximate surface area is 134 Å². The van der Waals surface area contributed by atoms with E-state index in [-0.39, 0.29) is 0 Å². The minimum absolute atomic E-state index is 0.774. The summed E-state index contributed by atoms with van der Waals surface area (Å²) in [5.41, 5.74) is 0. The third-order valence-electron chi connectivity index (χ3n) is 4.52. The van der Waals surface area contributed by atoms with Crippen LogP contribution >= 0.6 is 0 Å². The first kappa shape index (κ1) is 20.9. The van der Waals surface area contributed by atoms with E-state index >= 15 is 0 Å². The zero-order valence-corrected chi connectivity index (χ0v) is 15.3. The van der Waals surface area contributed by atoms with E-state index in [0.717, 1.165) is 38.0 Å². The summed E-state index contributed by atoms with van der Waals surface area (Å²) in [5, 5.41) is 3.60. The molecule has 0 spiro atoms. The van der Waals surface area contributed by atoms with Gasteiger partial charge in [0.15, 0.2) is 0 Å². The van der Waals surface area contributed by atoms with Crippen LogP contribution in [-0.2, 0) is 4.74 Å². The normalized spacial score (nSPS) is 14.3. The first-order chi connectivity index (χ1) is 10.3. The molecule has 0 aliphatic rings. The van der Waals surface area contributed by atoms with Crippen molar-refractivity contribution in [3.05, 3.63) is 0 Å². The van der Waals surface area contributed by atoms with Gasteiger partial charge in [-0.25, -0.2) is 0 Å². The Hall–Kier alpha value is -0.0800. The van der Waals surface area contributed by atoms with Crippen molar-refractivity contribution in [2.75, 3.05) is 26.3 Å². The number of rotatable bonds is 16. The van der Waals surface area contributed by atoms with Crippen LogP contribution in [-0.4, -0.2) is 26.3 Å². The van der Waals surface area contributed by atoms with Gasteiger partial charge in [0.2, 0.25) is 0 Å². The van der Waals surface area contributed by atoms with E-state index in [9.17, 15) is 0 Å². The zero-order chi connectivity index (χ0) is 15.8. The molecule has 21 heavy (non-hydrogen) atoms. The summed E-state index contributed by atoms with van der Waals surface area (Å²) in [6, 6.07) is 0. The van der Waals surface area contributed by atoms with E-state index in [1.807, 2.05) is 0 Å². The maximum atomic E-state index is 5.84. The summed E-state index contributed by atoms with van der Waals surface area (Å²) in [5.74, 6) is 1.64. The number of ether oxygens (including phenoxy) is 1. The third-order valence-corrected chi connectivity index (χ3v) is 4.52. The molecule has 0 amide bonds. The molecule has 2 nitrogen and oxygen atoms in total. The third kappa shape index (κ3) is 13.3. The molecule has 0 rings (SSSR count). The van der Waals surface area contributed by atoms with Crippen LogP contribution in [0, 0.1) is 11.8 Å². The van der Waals surface area contributed by atoms with Crippen LogP contribution in [0.3, 0.4) is 0 Å². The molecule has 0 aliphatic heterocycles. The van der Waals surface area contributed by atoms with E-state index < -0.39 is 0 Å². The Morgan fingerprint density at radius 1 is 0.810 bits per heavy atom. The highest BCUT2D eigenvalue weighted by molar-refractivity contribution is 4.61. The summed E-state index contributed by atoms with van der Waals surface area (Å²) < 4.78 is 5.84. The molecule has 0 heterocycles. The topological polar surface area (TPSA) is 21.3 Å². The second-order valence-corrected chi connectivity index (χ2v) is 6.47. The average molecular weight is 300 g/mol. The number of unbranched alkanes of at least 4 members (excludes halogenated alkanes) is 2. The lowest BCUT2D eigenvalue weighted by atomic mass is 9.99. The van der Waals surface area contributed by atoms with Gasteiger partial charge in [-0.15, -0.1) is 0 Å². The molecule has 0 bridgehead atoms. The van der Waals surface area contributed by atoms with E-state index in [1.54, 1.807) is 0 Å². The van der Waals surface area contributed by atoms with E-state index in [2.05, 4.69) is 33.0 Å². The summed E-state index contributed by atoms with van der Waals surface area (Å²) in [6.45, 7) is 13.3. The predicted molar refractivity (Wildman–Crippen MR) is 94.9 cm³/mol. The van der Waals surface area contributed by atoms with Crippen LogP contribution in [0.15, 0.2) is 0 Å². The Morgan fingerprint density at radius 3 is 2.00 bits per heavy atom. The van der Waals surface area contributed by atoms with Crippen LogP contribution < -0.4 is 5.32 Å². The van der Waals surface area contributed by atoms with Gasteiger partial charge in [-0.05, 0) is 44.2 Å². The van der Waals surface area contributed by atoms with Crippen molar-refractivity contribution in [1.29, 1.82) is 0 Å². The predicted octanol–water partition coefficient (Wildman–Crippen LogP) is 5.42. The molecule has 1 N–H and O–H groups in total. The van der Waals surface area contributed by atoms with Gasteiger partial charge in [0.05, 0.1) is 0 Å². The van der Waals surface area contributed by atoms with Gasteiger partial charge in [0, 0.05) is 13.2 Å². The van der Waals surface area contributed by atoms with Crippen molar-refractivity contribution in [3.8, 4) is 0 Å². The SMILES string of the molecule is CCCCC(CC)CNCCCOCC(CC)CCCC. The first-order valence-electron chi connectivity index (χ1n) is 9.56. The van der Waals surface area contributed by atoms with Crippen molar-refractivity contribution in [2.45, 2.75) is 85.5 Å². The minimum Gasteiger partial charge on any atom is -0.381 e. The Kier molecular flexibility index (Phi) is 16.2. The van der Waals surface area contributed by atoms with Gasteiger partial charge in [-0.2, -0.15) is 0 Å². The summed E-state index contributed by atoms with van der Waals surface area (Å²) in [7, 11) is 0. The van der Waals surface area contributed by atoms with Crippen molar-refractivity contribution in [1.82, 2.24) is 5.32 Å². The molecule has 0 radical (unpaired) electrons. The Balaban J connectivity index is 3.41. The molecule has 2 atom stereocenters. The summed E-state index contributed by atoms with van der Waals surface area (Å²) >= 11 is 0. The second-order valence-electron chi connectivity index (χ2n) is 6.47. The molecule has 0 aromatic carbocycles. The highest BCUT2D eigenvalue weighted by atomic mass is 16.5. The molecule has 0 aromatic heterocycles. The largest absolute Gasteiger partial charge is 0.381 e. The lowest BCUT2D eigenvalue weighted by Gasteiger charge is -2.16. The van der Waals surface area contributed by atoms with E-state index in [0.29, 0.717) is 0 Å². The van der Waals surface area contributed by atoms with Gasteiger partial charge in [-0.3, -0.25) is 0 Å². The molecule has 0 fully saturated rings. The highest BCUT2D eigenvalue weighted by Gasteiger charge is 2.06. The Morgan fingerprint density at radius 2 is 1.43 bits per heavy atom. The maximum absolute atomic E-state index is 5.84. The van der Waals surface area contributed by atoms with Crippen LogP contribution in [0.2, 0.25) is 0 Å². The average Bonchev–Trinajstić information content (AvgIpc) is 2.52. The fourth-order valence-electron chi connectivity index (χ4n) is 2.70. The van der Waals surface area contributed by atoms with Crippen molar-refractivity contribution in [3.63, 3.8) is 0 Å². The number of hydrogen-bond acceptors (Lipinski definition) is 2. The van der Waals surface area contributed by atoms with Crippen molar-refractivity contribution < 1.29 is 4.74 Å². The Bertz CT molecular complexity index is 176. The highest BCUT2D eigenvalue weighted by Crippen LogP contribution is 2.13. The maximum Gasteiger partial charge on any atom is 0.0494 e. The van der Waals surface area contributed by atoms with Gasteiger partial charge in [-0.1, -0.05) is 66.2 Å². The van der Waals surface area contributed by atoms with E-state index in [1.165, 1.54) is 57.9 Å². The van der Waals surface area contributed by atoms with Gasteiger partial charge in [0.1, 0.15) is 0 Å². The lowest BCUT2D eigenvalue weighted by molar-refractivity contribution is 0.0920. The number of hydrogen-bond donors (Lipinski definition) is 1. The van der Waals surface area contributed by atoms with Gasteiger partial charge in [0.25, 0.3) is 0 Å². The standard InChI is InChI=1S/C19H41NO/c1-5-9-12-18(7-3)16-20-14-11-15-21-17-19(8-4)13-10-6-2/h18-20H,5-17H2,1-4H3. The van der Waals surface area contributed by atoms with Gasteiger partial charge >= 0.3 is 0 Å².